The first-order chi connectivity index (χ1) is 8.20. The molecule has 2 aromatic rings. The molecule has 1 aromatic carbocycles. The summed E-state index contributed by atoms with van der Waals surface area (Å²) in [6.45, 7) is 0.967. The molecule has 0 aliphatic rings. The van der Waals surface area contributed by atoms with Crippen molar-refractivity contribution in [1.29, 1.82) is 0 Å². The Labute approximate surface area is 102 Å². The number of nitrogens with one attached hydrogen (secondary N) is 1. The second-order valence-electron chi connectivity index (χ2n) is 4.43. The van der Waals surface area contributed by atoms with Crippen LogP contribution in [0.5, 0.6) is 0 Å². The van der Waals surface area contributed by atoms with E-state index in [1.807, 2.05) is 7.05 Å². The number of rotatable bonds is 4. The Bertz CT molecular complexity index is 506. The van der Waals surface area contributed by atoms with Crippen LogP contribution >= 0.6 is 0 Å². The highest BCUT2D eigenvalue weighted by atomic mass is 15.1. The zero-order valence-electron chi connectivity index (χ0n) is 10.7. The van der Waals surface area contributed by atoms with Crippen LogP contribution in [-0.2, 0) is 6.42 Å². The van der Waals surface area contributed by atoms with Crippen molar-refractivity contribution in [2.24, 2.45) is 0 Å². The Morgan fingerprint density at radius 2 is 2.00 bits per heavy atom. The highest BCUT2D eigenvalue weighted by Gasteiger charge is 2.01. The van der Waals surface area contributed by atoms with E-state index in [9.17, 15) is 0 Å². The maximum absolute atomic E-state index is 4.65. The third-order valence-electron chi connectivity index (χ3n) is 2.88. The van der Waals surface area contributed by atoms with Gasteiger partial charge >= 0.3 is 0 Å². The van der Waals surface area contributed by atoms with Gasteiger partial charge in [0, 0.05) is 43.8 Å². The van der Waals surface area contributed by atoms with Gasteiger partial charge < -0.3 is 10.2 Å². The first kappa shape index (κ1) is 11.9. The molecular weight excluding hydrogens is 210 g/mol. The molecule has 0 saturated heterocycles. The summed E-state index contributed by atoms with van der Waals surface area (Å²) >= 11 is 0. The molecule has 0 amide bonds. The van der Waals surface area contributed by atoms with Crippen molar-refractivity contribution in [1.82, 2.24) is 10.3 Å². The molecule has 0 atom stereocenters. The molecule has 0 unspecified atom stereocenters. The fourth-order valence-corrected chi connectivity index (χ4v) is 1.83. The summed E-state index contributed by atoms with van der Waals surface area (Å²) < 4.78 is 0. The van der Waals surface area contributed by atoms with E-state index in [4.69, 9.17) is 0 Å². The normalized spacial score (nSPS) is 10.8. The zero-order valence-corrected chi connectivity index (χ0v) is 10.7. The van der Waals surface area contributed by atoms with Crippen molar-refractivity contribution < 1.29 is 0 Å². The van der Waals surface area contributed by atoms with Crippen molar-refractivity contribution in [3.05, 3.63) is 36.0 Å². The summed E-state index contributed by atoms with van der Waals surface area (Å²) in [6, 6.07) is 10.6. The Balaban J connectivity index is 2.33. The minimum Gasteiger partial charge on any atom is -0.378 e. The number of pyridine rings is 1. The SMILES string of the molecule is CNCCc1ccc2cc(N(C)C)ccc2n1. The average molecular weight is 229 g/mol. The lowest BCUT2D eigenvalue weighted by molar-refractivity contribution is 0.779. The van der Waals surface area contributed by atoms with E-state index >= 15 is 0 Å². The second kappa shape index (κ2) is 5.15. The quantitative estimate of drug-likeness (QED) is 0.870. The summed E-state index contributed by atoms with van der Waals surface area (Å²) in [7, 11) is 6.07. The maximum Gasteiger partial charge on any atom is 0.0706 e. The number of anilines is 1. The monoisotopic (exact) mass is 229 g/mol. The van der Waals surface area contributed by atoms with Crippen LogP contribution in [0.1, 0.15) is 5.69 Å². The van der Waals surface area contributed by atoms with Gasteiger partial charge in [-0.1, -0.05) is 6.07 Å². The fraction of sp³-hybridized carbons (Fsp3) is 0.357. The summed E-state index contributed by atoms with van der Waals surface area (Å²) in [5.74, 6) is 0. The minimum atomic E-state index is 0.967. The molecule has 0 spiro atoms. The molecular formula is C14H19N3. The lowest BCUT2D eigenvalue weighted by Crippen LogP contribution is -2.11. The minimum absolute atomic E-state index is 0.967. The third-order valence-corrected chi connectivity index (χ3v) is 2.88. The standard InChI is InChI=1S/C14H19N3/c1-15-9-8-12-5-4-11-10-13(17(2)3)6-7-14(11)16-12/h4-7,10,15H,8-9H2,1-3H3. The van der Waals surface area contributed by atoms with Crippen molar-refractivity contribution in [2.45, 2.75) is 6.42 Å². The number of likely N-dealkylation sites (N-methyl/N-ethyl adjacent to an activating group) is 1. The van der Waals surface area contributed by atoms with Gasteiger partial charge in [-0.15, -0.1) is 0 Å². The molecule has 0 fully saturated rings. The molecule has 3 nitrogen and oxygen atoms in total. The predicted molar refractivity (Wildman–Crippen MR) is 73.7 cm³/mol. The molecule has 90 valence electrons. The number of hydrogen-bond acceptors (Lipinski definition) is 3. The van der Waals surface area contributed by atoms with Crippen LogP contribution in [0.2, 0.25) is 0 Å². The molecule has 1 aromatic heterocycles. The van der Waals surface area contributed by atoms with Gasteiger partial charge in [-0.25, -0.2) is 0 Å². The number of fused-ring (bicyclic) bond motifs is 1. The largest absolute Gasteiger partial charge is 0.378 e. The number of aromatic nitrogens is 1. The average Bonchev–Trinajstić information content (AvgIpc) is 2.35. The fourth-order valence-electron chi connectivity index (χ4n) is 1.83. The van der Waals surface area contributed by atoms with Crippen LogP contribution in [0.15, 0.2) is 30.3 Å². The van der Waals surface area contributed by atoms with E-state index in [0.717, 1.165) is 24.2 Å². The Morgan fingerprint density at radius 1 is 1.18 bits per heavy atom. The van der Waals surface area contributed by atoms with Gasteiger partial charge in [0.25, 0.3) is 0 Å². The number of nitrogens with zero attached hydrogens (tertiary/aromatic N) is 2. The van der Waals surface area contributed by atoms with E-state index in [1.165, 1.54) is 11.1 Å². The number of benzene rings is 1. The van der Waals surface area contributed by atoms with Crippen LogP contribution in [0.4, 0.5) is 5.69 Å². The van der Waals surface area contributed by atoms with Crippen molar-refractivity contribution in [3.63, 3.8) is 0 Å². The lowest BCUT2D eigenvalue weighted by atomic mass is 10.1. The Morgan fingerprint density at radius 3 is 2.71 bits per heavy atom. The molecule has 0 bridgehead atoms. The smallest absolute Gasteiger partial charge is 0.0706 e. The summed E-state index contributed by atoms with van der Waals surface area (Å²) in [4.78, 5) is 6.76. The topological polar surface area (TPSA) is 28.2 Å². The lowest BCUT2D eigenvalue weighted by Gasteiger charge is -2.13. The van der Waals surface area contributed by atoms with Crippen molar-refractivity contribution in [3.8, 4) is 0 Å². The first-order valence-corrected chi connectivity index (χ1v) is 5.92. The highest BCUT2D eigenvalue weighted by molar-refractivity contribution is 5.82. The molecule has 0 aliphatic carbocycles. The van der Waals surface area contributed by atoms with Gasteiger partial charge in [0.1, 0.15) is 0 Å². The van der Waals surface area contributed by atoms with Gasteiger partial charge in [-0.2, -0.15) is 0 Å². The van der Waals surface area contributed by atoms with Crippen LogP contribution in [0.3, 0.4) is 0 Å². The Kier molecular flexibility index (Phi) is 3.59. The van der Waals surface area contributed by atoms with E-state index in [1.54, 1.807) is 0 Å². The van der Waals surface area contributed by atoms with E-state index in [2.05, 4.69) is 59.6 Å². The van der Waals surface area contributed by atoms with Crippen molar-refractivity contribution in [2.75, 3.05) is 32.6 Å². The summed E-state index contributed by atoms with van der Waals surface area (Å²) in [6.07, 6.45) is 0.974. The van der Waals surface area contributed by atoms with Gasteiger partial charge in [-0.05, 0) is 31.3 Å². The van der Waals surface area contributed by atoms with Crippen LogP contribution in [0.25, 0.3) is 10.9 Å². The molecule has 2 rings (SSSR count). The molecule has 0 saturated carbocycles. The highest BCUT2D eigenvalue weighted by Crippen LogP contribution is 2.19. The van der Waals surface area contributed by atoms with E-state index in [0.29, 0.717) is 0 Å². The molecule has 1 heterocycles. The Hall–Kier alpha value is -1.61. The molecule has 3 heteroatoms. The zero-order chi connectivity index (χ0) is 12.3. The predicted octanol–water partition coefficient (Wildman–Crippen LogP) is 2.06. The van der Waals surface area contributed by atoms with Gasteiger partial charge in [0.15, 0.2) is 0 Å². The van der Waals surface area contributed by atoms with Crippen LogP contribution < -0.4 is 10.2 Å². The summed E-state index contributed by atoms with van der Waals surface area (Å²) in [5, 5.41) is 4.34. The molecule has 1 N–H and O–H groups in total. The molecule has 17 heavy (non-hydrogen) atoms. The summed E-state index contributed by atoms with van der Waals surface area (Å²) in [5.41, 5.74) is 3.43. The van der Waals surface area contributed by atoms with Gasteiger partial charge in [0.05, 0.1) is 5.52 Å². The van der Waals surface area contributed by atoms with Gasteiger partial charge in [-0.3, -0.25) is 4.98 Å². The van der Waals surface area contributed by atoms with Crippen LogP contribution in [0, 0.1) is 0 Å². The van der Waals surface area contributed by atoms with E-state index in [-0.39, 0.29) is 0 Å². The first-order valence-electron chi connectivity index (χ1n) is 5.92. The van der Waals surface area contributed by atoms with E-state index < -0.39 is 0 Å². The molecule has 0 radical (unpaired) electrons. The third kappa shape index (κ3) is 2.74. The number of hydrogen-bond donors (Lipinski definition) is 1. The van der Waals surface area contributed by atoms with Crippen LogP contribution in [-0.4, -0.2) is 32.7 Å². The maximum atomic E-state index is 4.65. The second-order valence-corrected chi connectivity index (χ2v) is 4.43. The molecule has 0 aliphatic heterocycles. The van der Waals surface area contributed by atoms with Gasteiger partial charge in [0.2, 0.25) is 0 Å². The van der Waals surface area contributed by atoms with Crippen molar-refractivity contribution >= 4 is 16.6 Å².